The highest BCUT2D eigenvalue weighted by Gasteiger charge is 2.35. The molecule has 0 bridgehead atoms. The number of benzene rings is 2. The van der Waals surface area contributed by atoms with Gasteiger partial charge in [-0.2, -0.15) is 0 Å². The first-order chi connectivity index (χ1) is 21.5. The minimum absolute atomic E-state index is 0.0146. The quantitative estimate of drug-likeness (QED) is 0.241. The fourth-order valence-corrected chi connectivity index (χ4v) is 6.90. The van der Waals surface area contributed by atoms with Gasteiger partial charge in [0.25, 0.3) is 0 Å². The van der Waals surface area contributed by atoms with E-state index in [0.29, 0.717) is 28.9 Å². The van der Waals surface area contributed by atoms with Gasteiger partial charge in [0.15, 0.2) is 0 Å². The number of sulfonamides is 1. The van der Waals surface area contributed by atoms with Gasteiger partial charge < -0.3 is 10.1 Å². The van der Waals surface area contributed by atoms with Crippen LogP contribution in [-0.2, 0) is 25.0 Å². The Hall–Kier alpha value is -2.94. The number of rotatable bonds is 12. The van der Waals surface area contributed by atoms with E-state index in [2.05, 4.69) is 30.8 Å². The molecular weight excluding hydrogens is 603 g/mol. The normalized spacial score (nSPS) is 19.3. The van der Waals surface area contributed by atoms with Gasteiger partial charge in [0.05, 0.1) is 11.7 Å². The highest BCUT2D eigenvalue weighted by molar-refractivity contribution is 7.89. The van der Waals surface area contributed by atoms with Gasteiger partial charge in [0, 0.05) is 23.9 Å². The first kappa shape index (κ1) is 37.5. The summed E-state index contributed by atoms with van der Waals surface area (Å²) >= 11 is 0. The number of hydrogen-bond acceptors (Lipinski definition) is 5. The van der Waals surface area contributed by atoms with Crippen molar-refractivity contribution in [1.29, 1.82) is 0 Å². The minimum atomic E-state index is -3.75. The lowest BCUT2D eigenvalue weighted by molar-refractivity contribution is -0.126. The molecule has 3 atom stereocenters. The fraction of sp³-hybridized carbons (Fsp3) is 0.622. The third-order valence-electron chi connectivity index (χ3n) is 9.69. The van der Waals surface area contributed by atoms with E-state index < -0.39 is 21.3 Å². The lowest BCUT2D eigenvalue weighted by Gasteiger charge is -2.30. The van der Waals surface area contributed by atoms with Crippen LogP contribution in [0.2, 0.25) is 0 Å². The molecule has 0 aliphatic heterocycles. The van der Waals surface area contributed by atoms with Crippen LogP contribution < -0.4 is 14.8 Å². The molecule has 4 rings (SSSR count). The molecule has 2 aromatic carbocycles. The maximum absolute atomic E-state index is 15.3. The maximum Gasteiger partial charge on any atom is 0.243 e. The van der Waals surface area contributed by atoms with Crippen LogP contribution >= 0.6 is 0 Å². The Balaban J connectivity index is 0.00000282. The topological polar surface area (TPSA) is 102 Å². The van der Waals surface area contributed by atoms with E-state index in [-0.39, 0.29) is 41.1 Å². The van der Waals surface area contributed by atoms with Crippen LogP contribution in [0.25, 0.3) is 11.1 Å². The average Bonchev–Trinajstić information content (AvgIpc) is 3.39. The van der Waals surface area contributed by atoms with Gasteiger partial charge in [-0.3, -0.25) is 14.3 Å². The van der Waals surface area contributed by atoms with E-state index in [1.165, 1.54) is 6.07 Å². The summed E-state index contributed by atoms with van der Waals surface area (Å²) in [7, 11) is -3.75. The van der Waals surface area contributed by atoms with E-state index >= 15 is 4.39 Å². The lowest BCUT2D eigenvalue weighted by atomic mass is 9.76. The number of hydrogen-bond donors (Lipinski definition) is 2. The van der Waals surface area contributed by atoms with E-state index in [9.17, 15) is 18.0 Å². The molecule has 0 heterocycles. The van der Waals surface area contributed by atoms with E-state index in [4.69, 9.17) is 4.74 Å². The zero-order valence-electron chi connectivity index (χ0n) is 29.3. The molecule has 2 amide bonds. The van der Waals surface area contributed by atoms with Crippen LogP contribution in [0.3, 0.4) is 0 Å². The van der Waals surface area contributed by atoms with Crippen LogP contribution in [0, 0.1) is 17.2 Å². The molecule has 0 radical (unpaired) electrons. The molecule has 0 saturated heterocycles. The standard InChI is InChI=1S/C35H49FN2O5S.C2H6/c1-8-34(3,4)21-22(2)32(39)37-25-16-17-26(20-25)43-30-18-15-24(35(5,6)33(40)38-44(7,41)42)19-28(30)27-13-10-14-29(36)31(27)23-11-9-12-23;1-2/h10,13-15,18-19,22-23,25-26H,8-9,11-12,16-17,20-21H2,1-7H3,(H,37,39)(H,38,40);1-2H3/t22-,25+,26+;/m0./s1. The van der Waals surface area contributed by atoms with Gasteiger partial charge in [0.1, 0.15) is 17.7 Å². The lowest BCUT2D eigenvalue weighted by Crippen LogP contribution is -2.42. The van der Waals surface area contributed by atoms with Crippen molar-refractivity contribution in [2.45, 2.75) is 130 Å². The molecule has 46 heavy (non-hydrogen) atoms. The Morgan fingerprint density at radius 3 is 2.28 bits per heavy atom. The Kier molecular flexibility index (Phi) is 12.5. The third kappa shape index (κ3) is 9.33. The van der Waals surface area contributed by atoms with Crippen molar-refractivity contribution in [3.05, 3.63) is 53.3 Å². The highest BCUT2D eigenvalue weighted by Crippen LogP contribution is 2.46. The fourth-order valence-electron chi connectivity index (χ4n) is 6.31. The number of amides is 2. The molecular formula is C37H55FN2O5S. The number of ether oxygens (including phenoxy) is 1. The van der Waals surface area contributed by atoms with Gasteiger partial charge in [-0.1, -0.05) is 72.6 Å². The van der Waals surface area contributed by atoms with Gasteiger partial charge >= 0.3 is 0 Å². The summed E-state index contributed by atoms with van der Waals surface area (Å²) in [5, 5.41) is 3.23. The highest BCUT2D eigenvalue weighted by atomic mass is 32.2. The Morgan fingerprint density at radius 2 is 1.70 bits per heavy atom. The van der Waals surface area contributed by atoms with Crippen molar-refractivity contribution in [1.82, 2.24) is 10.0 Å². The van der Waals surface area contributed by atoms with Gasteiger partial charge in [-0.05, 0) is 92.2 Å². The Labute approximate surface area is 276 Å². The Morgan fingerprint density at radius 1 is 1.02 bits per heavy atom. The molecule has 7 nitrogen and oxygen atoms in total. The number of nitrogens with one attached hydrogen (secondary N) is 2. The summed E-state index contributed by atoms with van der Waals surface area (Å²) in [6.45, 7) is 15.8. The first-order valence-corrected chi connectivity index (χ1v) is 18.8. The third-order valence-corrected chi connectivity index (χ3v) is 10.2. The summed E-state index contributed by atoms with van der Waals surface area (Å²) in [6, 6.07) is 10.5. The predicted molar refractivity (Wildman–Crippen MR) is 184 cm³/mol. The van der Waals surface area contributed by atoms with Crippen molar-refractivity contribution in [3.63, 3.8) is 0 Å². The van der Waals surface area contributed by atoms with Crippen LogP contribution in [0.4, 0.5) is 4.39 Å². The van der Waals surface area contributed by atoms with Crippen molar-refractivity contribution in [2.24, 2.45) is 11.3 Å². The van der Waals surface area contributed by atoms with Gasteiger partial charge in [-0.25, -0.2) is 12.8 Å². The summed E-state index contributed by atoms with van der Waals surface area (Å²) in [4.78, 5) is 26.0. The van der Waals surface area contributed by atoms with Crippen LogP contribution in [0.1, 0.15) is 124 Å². The molecule has 2 aliphatic rings. The van der Waals surface area contributed by atoms with Crippen LogP contribution in [0.5, 0.6) is 5.75 Å². The maximum atomic E-state index is 15.3. The van der Waals surface area contributed by atoms with E-state index in [1.807, 2.05) is 32.9 Å². The second-order valence-corrected chi connectivity index (χ2v) is 16.0. The van der Waals surface area contributed by atoms with E-state index in [0.717, 1.165) is 56.8 Å². The van der Waals surface area contributed by atoms with Crippen molar-refractivity contribution in [2.75, 3.05) is 6.26 Å². The van der Waals surface area contributed by atoms with E-state index in [1.54, 1.807) is 32.0 Å². The second kappa shape index (κ2) is 15.3. The molecule has 0 aromatic heterocycles. The molecule has 2 saturated carbocycles. The van der Waals surface area contributed by atoms with Crippen molar-refractivity contribution in [3.8, 4) is 16.9 Å². The monoisotopic (exact) mass is 658 g/mol. The minimum Gasteiger partial charge on any atom is -0.490 e. The summed E-state index contributed by atoms with van der Waals surface area (Å²) < 4.78 is 47.7. The first-order valence-electron chi connectivity index (χ1n) is 16.9. The number of carbonyl (C=O) groups excluding carboxylic acids is 2. The molecule has 9 heteroatoms. The molecule has 0 unspecified atom stereocenters. The van der Waals surface area contributed by atoms with Crippen molar-refractivity contribution < 1.29 is 27.1 Å². The largest absolute Gasteiger partial charge is 0.490 e. The number of halogens is 1. The second-order valence-electron chi connectivity index (χ2n) is 14.2. The zero-order chi connectivity index (χ0) is 34.4. The molecule has 2 fully saturated rings. The average molecular weight is 659 g/mol. The molecule has 2 aliphatic carbocycles. The summed E-state index contributed by atoms with van der Waals surface area (Å²) in [5.74, 6) is -0.234. The van der Waals surface area contributed by atoms with Crippen LogP contribution in [0.15, 0.2) is 36.4 Å². The number of carbonyl (C=O) groups is 2. The van der Waals surface area contributed by atoms with Crippen molar-refractivity contribution >= 4 is 21.8 Å². The summed E-state index contributed by atoms with van der Waals surface area (Å²) in [5.41, 5.74) is 1.56. The molecule has 256 valence electrons. The smallest absolute Gasteiger partial charge is 0.243 e. The zero-order valence-corrected chi connectivity index (χ0v) is 30.1. The summed E-state index contributed by atoms with van der Waals surface area (Å²) in [6.07, 6.45) is 7.74. The van der Waals surface area contributed by atoms with Crippen LogP contribution in [-0.4, -0.2) is 38.6 Å². The van der Waals surface area contributed by atoms with Gasteiger partial charge in [-0.15, -0.1) is 0 Å². The van der Waals surface area contributed by atoms with Gasteiger partial charge in [0.2, 0.25) is 21.8 Å². The molecule has 2 aromatic rings. The molecule has 0 spiro atoms. The SMILES string of the molecule is CC.CCC(C)(C)C[C@H](C)C(=O)N[C@@H]1CC[C@@H](Oc2ccc(C(C)(C)C(=O)NS(C)(=O)=O)cc2-c2cccc(F)c2C2CCC2)C1. The predicted octanol–water partition coefficient (Wildman–Crippen LogP) is 8.02. The molecule has 2 N–H and O–H groups in total. The Bertz CT molecular complexity index is 1480.